The smallest absolute Gasteiger partial charge is 0.136 e. The van der Waals surface area contributed by atoms with Crippen LogP contribution in [0.5, 0.6) is 0 Å². The molecule has 1 fully saturated rings. The molecule has 3 aromatic rings. The molecule has 0 saturated carbocycles. The lowest BCUT2D eigenvalue weighted by molar-refractivity contribution is 0.290. The number of aryl methyl sites for hydroxylation is 1. The molecule has 114 valence electrons. The highest BCUT2D eigenvalue weighted by atomic mass is 32.2. The highest BCUT2D eigenvalue weighted by Gasteiger charge is 2.14. The third-order valence-corrected chi connectivity index (χ3v) is 5.15. The van der Waals surface area contributed by atoms with Gasteiger partial charge in [-0.25, -0.2) is 4.98 Å². The molecule has 0 unspecified atom stereocenters. The maximum atomic E-state index is 4.54. The van der Waals surface area contributed by atoms with Gasteiger partial charge in [0.05, 0.1) is 18.1 Å². The fourth-order valence-corrected chi connectivity index (χ4v) is 3.92. The average Bonchev–Trinajstić information content (AvgIpc) is 3.15. The molecule has 4 rings (SSSR count). The summed E-state index contributed by atoms with van der Waals surface area (Å²) in [4.78, 5) is 7.05. The number of aromatic amines is 1. The van der Waals surface area contributed by atoms with Crippen LogP contribution in [0.1, 0.15) is 11.4 Å². The van der Waals surface area contributed by atoms with E-state index in [1.807, 2.05) is 31.1 Å². The third kappa shape index (κ3) is 2.53. The Bertz CT molecular complexity index is 785. The number of nitrogens with one attached hydrogen (secondary N) is 1. The summed E-state index contributed by atoms with van der Waals surface area (Å²) >= 11 is 2.04. The number of aromatic nitrogens is 4. The quantitative estimate of drug-likeness (QED) is 0.807. The van der Waals surface area contributed by atoms with Gasteiger partial charge in [0, 0.05) is 54.2 Å². The van der Waals surface area contributed by atoms with Crippen molar-refractivity contribution in [3.8, 4) is 11.1 Å². The van der Waals surface area contributed by atoms with Gasteiger partial charge in [-0.05, 0) is 19.1 Å². The molecule has 1 saturated heterocycles. The maximum Gasteiger partial charge on any atom is 0.136 e. The molecule has 0 aliphatic carbocycles. The van der Waals surface area contributed by atoms with E-state index >= 15 is 0 Å². The SMILES string of the molecule is Cc1[nH]ncc1-c1ccc2ncc(CN3CCSCC3)n2c1. The number of nitrogens with zero attached hydrogens (tertiary/aromatic N) is 4. The molecule has 1 aliphatic rings. The number of H-pyrrole nitrogens is 1. The normalized spacial score (nSPS) is 16.4. The Hall–Kier alpha value is -1.79. The first-order valence-corrected chi connectivity index (χ1v) is 8.73. The van der Waals surface area contributed by atoms with E-state index in [4.69, 9.17) is 0 Å². The van der Waals surface area contributed by atoms with Gasteiger partial charge in [0.1, 0.15) is 5.65 Å². The molecule has 0 atom stereocenters. The van der Waals surface area contributed by atoms with E-state index in [0.717, 1.165) is 23.4 Å². The third-order valence-electron chi connectivity index (χ3n) is 4.21. The summed E-state index contributed by atoms with van der Waals surface area (Å²) in [6.07, 6.45) is 6.06. The Labute approximate surface area is 133 Å². The second-order valence-electron chi connectivity index (χ2n) is 5.69. The summed E-state index contributed by atoms with van der Waals surface area (Å²) in [6, 6.07) is 4.19. The first-order valence-electron chi connectivity index (χ1n) is 7.58. The standard InChI is InChI=1S/C16H19N5S/c1-12-15(9-18-19-12)13-2-3-16-17-8-14(21(16)10-13)11-20-4-6-22-7-5-20/h2-3,8-10H,4-7,11H2,1H3,(H,18,19). The molecule has 1 aliphatic heterocycles. The molecule has 0 radical (unpaired) electrons. The van der Waals surface area contributed by atoms with Crippen LogP contribution in [0.3, 0.4) is 0 Å². The van der Waals surface area contributed by atoms with Gasteiger partial charge in [-0.3, -0.25) is 10.00 Å². The van der Waals surface area contributed by atoms with E-state index in [1.54, 1.807) is 0 Å². The summed E-state index contributed by atoms with van der Waals surface area (Å²) in [5.74, 6) is 2.46. The number of fused-ring (bicyclic) bond motifs is 1. The Kier molecular flexibility index (Phi) is 3.63. The van der Waals surface area contributed by atoms with Crippen molar-refractivity contribution in [2.24, 2.45) is 0 Å². The summed E-state index contributed by atoms with van der Waals surface area (Å²) in [5.41, 5.74) is 5.67. The van der Waals surface area contributed by atoms with Crippen LogP contribution in [-0.2, 0) is 6.54 Å². The molecule has 0 amide bonds. The molecular formula is C16H19N5S. The van der Waals surface area contributed by atoms with Gasteiger partial charge >= 0.3 is 0 Å². The largest absolute Gasteiger partial charge is 0.302 e. The van der Waals surface area contributed by atoms with Crippen molar-refractivity contribution in [2.75, 3.05) is 24.6 Å². The molecule has 0 spiro atoms. The second-order valence-corrected chi connectivity index (χ2v) is 6.92. The topological polar surface area (TPSA) is 49.2 Å². The van der Waals surface area contributed by atoms with Crippen molar-refractivity contribution in [3.63, 3.8) is 0 Å². The van der Waals surface area contributed by atoms with Gasteiger partial charge < -0.3 is 4.40 Å². The highest BCUT2D eigenvalue weighted by Crippen LogP contribution is 2.23. The highest BCUT2D eigenvalue weighted by molar-refractivity contribution is 7.99. The van der Waals surface area contributed by atoms with E-state index < -0.39 is 0 Å². The van der Waals surface area contributed by atoms with Gasteiger partial charge in [-0.1, -0.05) is 0 Å². The lowest BCUT2D eigenvalue weighted by Crippen LogP contribution is -2.32. The number of hydrogen-bond acceptors (Lipinski definition) is 4. The number of pyridine rings is 1. The van der Waals surface area contributed by atoms with Crippen molar-refractivity contribution in [1.29, 1.82) is 0 Å². The second kappa shape index (κ2) is 5.78. The lowest BCUT2D eigenvalue weighted by Gasteiger charge is -2.25. The lowest BCUT2D eigenvalue weighted by atomic mass is 10.1. The fourth-order valence-electron chi connectivity index (χ4n) is 2.94. The molecule has 1 N–H and O–H groups in total. The van der Waals surface area contributed by atoms with Crippen LogP contribution < -0.4 is 0 Å². The van der Waals surface area contributed by atoms with Crippen LogP contribution in [0.2, 0.25) is 0 Å². The predicted molar refractivity (Wildman–Crippen MR) is 90.1 cm³/mol. The van der Waals surface area contributed by atoms with Gasteiger partial charge in [-0.2, -0.15) is 16.9 Å². The summed E-state index contributed by atoms with van der Waals surface area (Å²) in [7, 11) is 0. The van der Waals surface area contributed by atoms with E-state index in [1.165, 1.54) is 35.9 Å². The number of thioether (sulfide) groups is 1. The molecular weight excluding hydrogens is 294 g/mol. The Morgan fingerprint density at radius 3 is 2.86 bits per heavy atom. The van der Waals surface area contributed by atoms with Crippen molar-refractivity contribution in [2.45, 2.75) is 13.5 Å². The van der Waals surface area contributed by atoms with E-state index in [-0.39, 0.29) is 0 Å². The summed E-state index contributed by atoms with van der Waals surface area (Å²) in [6.45, 7) is 5.35. The molecule has 0 bridgehead atoms. The Balaban J connectivity index is 1.69. The molecule has 22 heavy (non-hydrogen) atoms. The minimum absolute atomic E-state index is 0.968. The van der Waals surface area contributed by atoms with Crippen molar-refractivity contribution >= 4 is 17.4 Å². The number of rotatable bonds is 3. The van der Waals surface area contributed by atoms with Gasteiger partial charge in [0.2, 0.25) is 0 Å². The Morgan fingerprint density at radius 1 is 1.23 bits per heavy atom. The van der Waals surface area contributed by atoms with Crippen molar-refractivity contribution in [3.05, 3.63) is 42.1 Å². The maximum absolute atomic E-state index is 4.54. The monoisotopic (exact) mass is 313 g/mol. The van der Waals surface area contributed by atoms with Gasteiger partial charge in [0.25, 0.3) is 0 Å². The minimum atomic E-state index is 0.968. The molecule has 6 heteroatoms. The number of hydrogen-bond donors (Lipinski definition) is 1. The molecule has 5 nitrogen and oxygen atoms in total. The molecule has 0 aromatic carbocycles. The zero-order chi connectivity index (χ0) is 14.9. The number of imidazole rings is 1. The van der Waals surface area contributed by atoms with Crippen LogP contribution in [0.25, 0.3) is 16.8 Å². The summed E-state index contributed by atoms with van der Waals surface area (Å²) in [5, 5.41) is 7.13. The van der Waals surface area contributed by atoms with Crippen LogP contribution in [0.4, 0.5) is 0 Å². The zero-order valence-electron chi connectivity index (χ0n) is 12.6. The predicted octanol–water partition coefficient (Wildman–Crippen LogP) is 2.58. The fraction of sp³-hybridized carbons (Fsp3) is 0.375. The van der Waals surface area contributed by atoms with E-state index in [2.05, 4.69) is 42.8 Å². The van der Waals surface area contributed by atoms with Crippen molar-refractivity contribution in [1.82, 2.24) is 24.5 Å². The minimum Gasteiger partial charge on any atom is -0.302 e. The first kappa shape index (κ1) is 13.8. The van der Waals surface area contributed by atoms with E-state index in [9.17, 15) is 0 Å². The van der Waals surface area contributed by atoms with Crippen molar-refractivity contribution < 1.29 is 0 Å². The van der Waals surface area contributed by atoms with Crippen LogP contribution in [0.15, 0.2) is 30.7 Å². The van der Waals surface area contributed by atoms with Crippen LogP contribution >= 0.6 is 11.8 Å². The zero-order valence-corrected chi connectivity index (χ0v) is 13.4. The van der Waals surface area contributed by atoms with Crippen LogP contribution in [0, 0.1) is 6.92 Å². The molecule has 4 heterocycles. The Morgan fingerprint density at radius 2 is 2.09 bits per heavy atom. The first-order chi connectivity index (χ1) is 10.8. The molecule has 3 aromatic heterocycles. The summed E-state index contributed by atoms with van der Waals surface area (Å²) < 4.78 is 2.21. The van der Waals surface area contributed by atoms with Crippen LogP contribution in [-0.4, -0.2) is 49.1 Å². The van der Waals surface area contributed by atoms with E-state index in [0.29, 0.717) is 0 Å². The average molecular weight is 313 g/mol. The van der Waals surface area contributed by atoms with Gasteiger partial charge in [-0.15, -0.1) is 0 Å². The van der Waals surface area contributed by atoms with Gasteiger partial charge in [0.15, 0.2) is 0 Å².